The zero-order valence-electron chi connectivity index (χ0n) is 12.3. The summed E-state index contributed by atoms with van der Waals surface area (Å²) in [6, 6.07) is 2.08. The molecule has 120 valence electrons. The molecule has 0 bridgehead atoms. The van der Waals surface area contributed by atoms with E-state index in [4.69, 9.17) is 4.74 Å². The van der Waals surface area contributed by atoms with Gasteiger partial charge in [-0.1, -0.05) is 11.8 Å². The van der Waals surface area contributed by atoms with E-state index in [1.165, 1.54) is 11.8 Å². The lowest BCUT2D eigenvalue weighted by molar-refractivity contribution is -0.120. The highest BCUT2D eigenvalue weighted by atomic mass is 32.2. The van der Waals surface area contributed by atoms with Crippen molar-refractivity contribution < 1.29 is 18.3 Å². The van der Waals surface area contributed by atoms with Crippen molar-refractivity contribution in [3.63, 3.8) is 0 Å². The van der Waals surface area contributed by atoms with E-state index in [1.54, 1.807) is 14.0 Å². The first kappa shape index (κ1) is 16.7. The predicted molar refractivity (Wildman–Crippen MR) is 80.8 cm³/mol. The van der Waals surface area contributed by atoms with Crippen molar-refractivity contribution in [3.8, 4) is 0 Å². The van der Waals surface area contributed by atoms with Crippen LogP contribution in [-0.4, -0.2) is 41.4 Å². The van der Waals surface area contributed by atoms with Crippen LogP contribution in [0.4, 0.5) is 8.78 Å². The first-order valence-electron chi connectivity index (χ1n) is 6.79. The smallest absolute Gasteiger partial charge is 0.233 e. The molecule has 2 rings (SSSR count). The molecule has 1 aromatic heterocycles. The van der Waals surface area contributed by atoms with Crippen LogP contribution in [0.1, 0.15) is 13.3 Å². The first-order chi connectivity index (χ1) is 10.5. The second-order valence-corrected chi connectivity index (χ2v) is 6.05. The van der Waals surface area contributed by atoms with Crippen molar-refractivity contribution in [2.24, 2.45) is 0 Å². The molecule has 8 heteroatoms. The number of nitrogens with zero attached hydrogens (tertiary/aromatic N) is 1. The van der Waals surface area contributed by atoms with Crippen LogP contribution in [0.25, 0.3) is 11.0 Å². The number of amides is 1. The maximum absolute atomic E-state index is 13.1. The lowest BCUT2D eigenvalue weighted by Gasteiger charge is -2.10. The molecule has 22 heavy (non-hydrogen) atoms. The number of rotatable bonds is 7. The lowest BCUT2D eigenvalue weighted by atomic mass is 10.3. The molecule has 0 aliphatic carbocycles. The fourth-order valence-corrected chi connectivity index (χ4v) is 2.68. The van der Waals surface area contributed by atoms with Gasteiger partial charge in [0.05, 0.1) is 16.3 Å². The molecule has 0 saturated carbocycles. The second kappa shape index (κ2) is 7.55. The fraction of sp³-hybridized carbons (Fsp3) is 0.429. The van der Waals surface area contributed by atoms with Crippen LogP contribution in [0.15, 0.2) is 17.3 Å². The van der Waals surface area contributed by atoms with Crippen molar-refractivity contribution in [1.82, 2.24) is 15.3 Å². The van der Waals surface area contributed by atoms with Gasteiger partial charge in [0.25, 0.3) is 0 Å². The molecule has 1 atom stereocenters. The Hall–Kier alpha value is -1.67. The zero-order chi connectivity index (χ0) is 16.1. The number of carbonyl (C=O) groups excluding carboxylic acids is 1. The summed E-state index contributed by atoms with van der Waals surface area (Å²) in [6.07, 6.45) is 0.739. The highest BCUT2D eigenvalue weighted by Gasteiger charge is 2.17. The Bertz CT molecular complexity index is 624. The van der Waals surface area contributed by atoms with Crippen molar-refractivity contribution in [2.75, 3.05) is 20.3 Å². The van der Waals surface area contributed by atoms with Crippen molar-refractivity contribution in [3.05, 3.63) is 23.8 Å². The Labute approximate surface area is 130 Å². The van der Waals surface area contributed by atoms with Crippen LogP contribution in [0.2, 0.25) is 0 Å². The summed E-state index contributed by atoms with van der Waals surface area (Å²) in [6.45, 7) is 2.86. The van der Waals surface area contributed by atoms with Gasteiger partial charge in [0.1, 0.15) is 0 Å². The number of aromatic nitrogens is 2. The van der Waals surface area contributed by atoms with Crippen molar-refractivity contribution in [1.29, 1.82) is 0 Å². The Balaban J connectivity index is 1.96. The SMILES string of the molecule is COCCCNC(=O)C(C)Sc1nc2cc(F)c(F)cc2[nH]1. The summed E-state index contributed by atoms with van der Waals surface area (Å²) in [7, 11) is 1.60. The van der Waals surface area contributed by atoms with E-state index >= 15 is 0 Å². The average molecular weight is 329 g/mol. The first-order valence-corrected chi connectivity index (χ1v) is 7.67. The van der Waals surface area contributed by atoms with Crippen LogP contribution < -0.4 is 5.32 Å². The van der Waals surface area contributed by atoms with Gasteiger partial charge in [0.2, 0.25) is 5.91 Å². The van der Waals surface area contributed by atoms with E-state index in [-0.39, 0.29) is 11.2 Å². The standard InChI is InChI=1S/C14H17F2N3O2S/c1-8(13(20)17-4-3-5-21-2)22-14-18-11-6-9(15)10(16)7-12(11)19-14/h6-8H,3-5H2,1-2H3,(H,17,20)(H,18,19). The molecule has 1 amide bonds. The van der Waals surface area contributed by atoms with Crippen LogP contribution in [0.3, 0.4) is 0 Å². The number of carbonyl (C=O) groups is 1. The van der Waals surface area contributed by atoms with Gasteiger partial charge >= 0.3 is 0 Å². The number of aromatic amines is 1. The van der Waals surface area contributed by atoms with Gasteiger partial charge in [0.15, 0.2) is 16.8 Å². The van der Waals surface area contributed by atoms with Crippen LogP contribution in [0.5, 0.6) is 0 Å². The quantitative estimate of drug-likeness (QED) is 0.605. The Kier molecular flexibility index (Phi) is 5.73. The molecule has 1 unspecified atom stereocenters. The van der Waals surface area contributed by atoms with Gasteiger partial charge in [-0.3, -0.25) is 4.79 Å². The predicted octanol–water partition coefficient (Wildman–Crippen LogP) is 2.47. The number of fused-ring (bicyclic) bond motifs is 1. The van der Waals surface area contributed by atoms with Crippen LogP contribution >= 0.6 is 11.8 Å². The summed E-state index contributed by atoms with van der Waals surface area (Å²) in [5.74, 6) is -2.00. The average Bonchev–Trinajstić information content (AvgIpc) is 2.85. The van der Waals surface area contributed by atoms with Gasteiger partial charge in [0, 0.05) is 32.4 Å². The second-order valence-electron chi connectivity index (χ2n) is 4.72. The minimum Gasteiger partial charge on any atom is -0.385 e. The number of hydrogen-bond acceptors (Lipinski definition) is 4. The highest BCUT2D eigenvalue weighted by Crippen LogP contribution is 2.24. The van der Waals surface area contributed by atoms with Crippen LogP contribution in [-0.2, 0) is 9.53 Å². The van der Waals surface area contributed by atoms with Gasteiger partial charge in [-0.05, 0) is 13.3 Å². The molecule has 0 spiro atoms. The van der Waals surface area contributed by atoms with Crippen LogP contribution in [0, 0.1) is 11.6 Å². The molecular weight excluding hydrogens is 312 g/mol. The molecule has 0 aliphatic heterocycles. The summed E-state index contributed by atoms with van der Waals surface area (Å²) in [5.41, 5.74) is 0.725. The van der Waals surface area contributed by atoms with E-state index in [0.717, 1.165) is 18.6 Å². The third-order valence-corrected chi connectivity index (χ3v) is 3.97. The molecule has 0 fully saturated rings. The van der Waals surface area contributed by atoms with E-state index in [9.17, 15) is 13.6 Å². The number of nitrogens with one attached hydrogen (secondary N) is 2. The summed E-state index contributed by atoms with van der Waals surface area (Å²) in [5, 5.41) is 2.86. The topological polar surface area (TPSA) is 67.0 Å². The molecule has 2 N–H and O–H groups in total. The highest BCUT2D eigenvalue weighted by molar-refractivity contribution is 8.00. The lowest BCUT2D eigenvalue weighted by Crippen LogP contribution is -2.32. The number of methoxy groups -OCH3 is 1. The van der Waals surface area contributed by atoms with E-state index < -0.39 is 11.6 Å². The molecule has 5 nitrogen and oxygen atoms in total. The third-order valence-electron chi connectivity index (χ3n) is 2.98. The summed E-state index contributed by atoms with van der Waals surface area (Å²) >= 11 is 1.20. The fourth-order valence-electron chi connectivity index (χ4n) is 1.83. The molecule has 2 aromatic rings. The van der Waals surface area contributed by atoms with Crippen molar-refractivity contribution in [2.45, 2.75) is 23.8 Å². The van der Waals surface area contributed by atoms with Gasteiger partial charge < -0.3 is 15.0 Å². The maximum atomic E-state index is 13.1. The Morgan fingerprint density at radius 1 is 1.45 bits per heavy atom. The third kappa shape index (κ3) is 4.17. The molecular formula is C14H17F2N3O2S. The monoisotopic (exact) mass is 329 g/mol. The summed E-state index contributed by atoms with van der Waals surface area (Å²) < 4.78 is 31.2. The minimum absolute atomic E-state index is 0.126. The molecule has 0 aliphatic rings. The zero-order valence-corrected chi connectivity index (χ0v) is 13.1. The molecule has 1 heterocycles. The van der Waals surface area contributed by atoms with E-state index in [0.29, 0.717) is 29.3 Å². The Morgan fingerprint density at radius 2 is 2.18 bits per heavy atom. The van der Waals surface area contributed by atoms with Gasteiger partial charge in [-0.15, -0.1) is 0 Å². The normalized spacial score (nSPS) is 12.5. The van der Waals surface area contributed by atoms with E-state index in [2.05, 4.69) is 15.3 Å². The van der Waals surface area contributed by atoms with Gasteiger partial charge in [-0.25, -0.2) is 13.8 Å². The number of benzene rings is 1. The molecule has 1 aromatic carbocycles. The number of hydrogen-bond donors (Lipinski definition) is 2. The molecule has 0 saturated heterocycles. The Morgan fingerprint density at radius 3 is 2.91 bits per heavy atom. The number of thioether (sulfide) groups is 1. The largest absolute Gasteiger partial charge is 0.385 e. The number of H-pyrrole nitrogens is 1. The number of imidazole rings is 1. The number of halogens is 2. The maximum Gasteiger partial charge on any atom is 0.233 e. The summed E-state index contributed by atoms with van der Waals surface area (Å²) in [4.78, 5) is 18.9. The van der Waals surface area contributed by atoms with Crippen molar-refractivity contribution >= 4 is 28.7 Å². The number of ether oxygens (including phenoxy) is 1. The van der Waals surface area contributed by atoms with E-state index in [1.807, 2.05) is 0 Å². The minimum atomic E-state index is -0.945. The molecule has 0 radical (unpaired) electrons. The van der Waals surface area contributed by atoms with Gasteiger partial charge in [-0.2, -0.15) is 0 Å².